The van der Waals surface area contributed by atoms with Crippen molar-refractivity contribution in [1.29, 1.82) is 0 Å². The second-order valence-corrected chi connectivity index (χ2v) is 4.53. The standard InChI is InChI=1S/C12H11NOS/c1-7(13)9-3-4-11-10(5-9)6-12(15-11)8(2)14/h3-6H,1,13H2,2H3. The van der Waals surface area contributed by atoms with E-state index in [-0.39, 0.29) is 5.78 Å². The summed E-state index contributed by atoms with van der Waals surface area (Å²) in [5.41, 5.74) is 7.07. The second kappa shape index (κ2) is 3.51. The first kappa shape index (κ1) is 9.93. The summed E-state index contributed by atoms with van der Waals surface area (Å²) in [6.07, 6.45) is 0. The maximum atomic E-state index is 11.2. The van der Waals surface area contributed by atoms with E-state index in [2.05, 4.69) is 6.58 Å². The minimum absolute atomic E-state index is 0.101. The summed E-state index contributed by atoms with van der Waals surface area (Å²) >= 11 is 1.51. The first-order chi connectivity index (χ1) is 7.08. The molecule has 0 bridgehead atoms. The Balaban J connectivity index is 2.62. The van der Waals surface area contributed by atoms with Gasteiger partial charge in [0.1, 0.15) is 0 Å². The highest BCUT2D eigenvalue weighted by atomic mass is 32.1. The van der Waals surface area contributed by atoms with Crippen molar-refractivity contribution in [3.05, 3.63) is 41.3 Å². The van der Waals surface area contributed by atoms with Crippen molar-refractivity contribution in [2.24, 2.45) is 5.73 Å². The quantitative estimate of drug-likeness (QED) is 0.786. The number of carbonyl (C=O) groups is 1. The molecule has 0 aliphatic carbocycles. The Kier molecular flexibility index (Phi) is 2.32. The van der Waals surface area contributed by atoms with Gasteiger partial charge in [0, 0.05) is 10.4 Å². The van der Waals surface area contributed by atoms with Gasteiger partial charge in [-0.3, -0.25) is 4.79 Å². The van der Waals surface area contributed by atoms with E-state index in [0.717, 1.165) is 20.5 Å². The molecule has 0 atom stereocenters. The minimum atomic E-state index is 0.101. The third-order valence-electron chi connectivity index (χ3n) is 2.23. The van der Waals surface area contributed by atoms with Gasteiger partial charge in [0.25, 0.3) is 0 Å². The lowest BCUT2D eigenvalue weighted by molar-refractivity contribution is 0.102. The number of nitrogens with two attached hydrogens (primary N) is 1. The summed E-state index contributed by atoms with van der Waals surface area (Å²) in [5.74, 6) is 0.101. The molecule has 15 heavy (non-hydrogen) atoms. The third kappa shape index (κ3) is 1.78. The summed E-state index contributed by atoms with van der Waals surface area (Å²) < 4.78 is 1.10. The molecule has 0 saturated heterocycles. The molecule has 2 N–H and O–H groups in total. The smallest absolute Gasteiger partial charge is 0.169 e. The van der Waals surface area contributed by atoms with Gasteiger partial charge in [-0.2, -0.15) is 0 Å². The van der Waals surface area contributed by atoms with Crippen molar-refractivity contribution >= 4 is 32.9 Å². The fourth-order valence-electron chi connectivity index (χ4n) is 1.42. The van der Waals surface area contributed by atoms with Crippen LogP contribution in [0.2, 0.25) is 0 Å². The first-order valence-electron chi connectivity index (χ1n) is 4.57. The van der Waals surface area contributed by atoms with Gasteiger partial charge in [-0.25, -0.2) is 0 Å². The van der Waals surface area contributed by atoms with E-state index in [4.69, 9.17) is 5.73 Å². The third-order valence-corrected chi connectivity index (χ3v) is 3.45. The fraction of sp³-hybridized carbons (Fsp3) is 0.0833. The molecule has 0 saturated carbocycles. The average molecular weight is 217 g/mol. The molecule has 0 unspecified atom stereocenters. The van der Waals surface area contributed by atoms with Crippen LogP contribution in [-0.4, -0.2) is 5.78 Å². The average Bonchev–Trinajstić information content (AvgIpc) is 2.59. The number of rotatable bonds is 2. The predicted octanol–water partition coefficient (Wildman–Crippen LogP) is 3.03. The summed E-state index contributed by atoms with van der Waals surface area (Å²) in [5, 5.41) is 1.05. The van der Waals surface area contributed by atoms with Crippen LogP contribution in [0.5, 0.6) is 0 Å². The zero-order valence-corrected chi connectivity index (χ0v) is 9.23. The molecule has 1 aromatic carbocycles. The van der Waals surface area contributed by atoms with Crippen molar-refractivity contribution in [3.8, 4) is 0 Å². The molecule has 1 heterocycles. The van der Waals surface area contributed by atoms with Crippen LogP contribution in [-0.2, 0) is 0 Å². The number of ketones is 1. The molecule has 76 valence electrons. The molecular weight excluding hydrogens is 206 g/mol. The maximum absolute atomic E-state index is 11.2. The Morgan fingerprint density at radius 1 is 1.40 bits per heavy atom. The van der Waals surface area contributed by atoms with Gasteiger partial charge in [0.15, 0.2) is 5.78 Å². The van der Waals surface area contributed by atoms with Crippen molar-refractivity contribution in [2.45, 2.75) is 6.92 Å². The van der Waals surface area contributed by atoms with E-state index in [0.29, 0.717) is 5.70 Å². The van der Waals surface area contributed by atoms with Crippen LogP contribution in [0.15, 0.2) is 30.8 Å². The van der Waals surface area contributed by atoms with Crippen LogP contribution in [0.4, 0.5) is 0 Å². The van der Waals surface area contributed by atoms with Crippen LogP contribution < -0.4 is 5.73 Å². The van der Waals surface area contributed by atoms with Gasteiger partial charge in [0.2, 0.25) is 0 Å². The summed E-state index contributed by atoms with van der Waals surface area (Å²) in [7, 11) is 0. The first-order valence-corrected chi connectivity index (χ1v) is 5.39. The topological polar surface area (TPSA) is 43.1 Å². The van der Waals surface area contributed by atoms with Crippen molar-refractivity contribution < 1.29 is 4.79 Å². The molecule has 3 heteroatoms. The highest BCUT2D eigenvalue weighted by molar-refractivity contribution is 7.20. The van der Waals surface area contributed by atoms with Crippen LogP contribution in [0, 0.1) is 0 Å². The molecule has 0 amide bonds. The Labute approximate surface area is 92.0 Å². The van der Waals surface area contributed by atoms with E-state index >= 15 is 0 Å². The summed E-state index contributed by atoms with van der Waals surface area (Å²) in [4.78, 5) is 12.0. The SMILES string of the molecule is C=C(N)c1ccc2sc(C(C)=O)cc2c1. The summed E-state index contributed by atoms with van der Waals surface area (Å²) in [6, 6.07) is 7.75. The number of hydrogen-bond donors (Lipinski definition) is 1. The lowest BCUT2D eigenvalue weighted by Gasteiger charge is -1.98. The molecule has 0 fully saturated rings. The number of fused-ring (bicyclic) bond motifs is 1. The molecule has 0 spiro atoms. The Hall–Kier alpha value is -1.61. The minimum Gasteiger partial charge on any atom is -0.399 e. The van der Waals surface area contributed by atoms with Crippen LogP contribution in [0.3, 0.4) is 0 Å². The Bertz CT molecular complexity index is 542. The number of carbonyl (C=O) groups excluding carboxylic acids is 1. The van der Waals surface area contributed by atoms with E-state index in [1.54, 1.807) is 6.92 Å². The fourth-order valence-corrected chi connectivity index (χ4v) is 2.35. The lowest BCUT2D eigenvalue weighted by Crippen LogP contribution is -1.92. The zero-order chi connectivity index (χ0) is 11.0. The highest BCUT2D eigenvalue weighted by Crippen LogP contribution is 2.27. The van der Waals surface area contributed by atoms with Crippen LogP contribution in [0.25, 0.3) is 15.8 Å². The predicted molar refractivity (Wildman–Crippen MR) is 65.1 cm³/mol. The van der Waals surface area contributed by atoms with Crippen molar-refractivity contribution in [3.63, 3.8) is 0 Å². The normalized spacial score (nSPS) is 10.5. The molecule has 2 aromatic rings. The van der Waals surface area contributed by atoms with Crippen LogP contribution >= 0.6 is 11.3 Å². The van der Waals surface area contributed by atoms with E-state index in [1.807, 2.05) is 24.3 Å². The van der Waals surface area contributed by atoms with Crippen molar-refractivity contribution in [1.82, 2.24) is 0 Å². The Morgan fingerprint density at radius 3 is 2.73 bits per heavy atom. The molecule has 2 nitrogen and oxygen atoms in total. The molecule has 0 radical (unpaired) electrons. The van der Waals surface area contributed by atoms with Gasteiger partial charge >= 0.3 is 0 Å². The number of benzene rings is 1. The second-order valence-electron chi connectivity index (χ2n) is 3.44. The summed E-state index contributed by atoms with van der Waals surface area (Å²) in [6.45, 7) is 5.27. The number of thiophene rings is 1. The van der Waals surface area contributed by atoms with Gasteiger partial charge in [0.05, 0.1) is 4.88 Å². The maximum Gasteiger partial charge on any atom is 0.169 e. The van der Waals surface area contributed by atoms with Crippen LogP contribution in [0.1, 0.15) is 22.2 Å². The van der Waals surface area contributed by atoms with E-state index < -0.39 is 0 Å². The molecule has 0 aliphatic heterocycles. The zero-order valence-electron chi connectivity index (χ0n) is 8.41. The van der Waals surface area contributed by atoms with E-state index in [1.165, 1.54) is 11.3 Å². The largest absolute Gasteiger partial charge is 0.399 e. The van der Waals surface area contributed by atoms with Gasteiger partial charge in [-0.1, -0.05) is 12.6 Å². The number of hydrogen-bond acceptors (Lipinski definition) is 3. The van der Waals surface area contributed by atoms with Gasteiger partial charge < -0.3 is 5.73 Å². The lowest BCUT2D eigenvalue weighted by atomic mass is 10.1. The molecule has 1 aromatic heterocycles. The highest BCUT2D eigenvalue weighted by Gasteiger charge is 2.06. The van der Waals surface area contributed by atoms with Gasteiger partial charge in [-0.15, -0.1) is 11.3 Å². The number of Topliss-reactive ketones (excluding diaryl/α,β-unsaturated/α-hetero) is 1. The molecule has 2 rings (SSSR count). The van der Waals surface area contributed by atoms with Crippen molar-refractivity contribution in [2.75, 3.05) is 0 Å². The molecule has 0 aliphatic rings. The van der Waals surface area contributed by atoms with E-state index in [9.17, 15) is 4.79 Å². The monoisotopic (exact) mass is 217 g/mol. The molecular formula is C12H11NOS. The van der Waals surface area contributed by atoms with Gasteiger partial charge in [-0.05, 0) is 36.1 Å². The Morgan fingerprint density at radius 2 is 2.13 bits per heavy atom.